The molecule has 2 heterocycles. The van der Waals surface area contributed by atoms with Crippen molar-refractivity contribution in [1.29, 1.82) is 0 Å². The number of fused-ring (bicyclic) bond motifs is 1. The fraction of sp³-hybridized carbons (Fsp3) is 0.333. The molecule has 1 aliphatic rings. The van der Waals surface area contributed by atoms with Crippen LogP contribution in [0.4, 0.5) is 5.00 Å². The number of aromatic nitrogens is 3. The highest BCUT2D eigenvalue weighted by molar-refractivity contribution is 7.99. The van der Waals surface area contributed by atoms with Gasteiger partial charge in [0.1, 0.15) is 11.3 Å². The summed E-state index contributed by atoms with van der Waals surface area (Å²) in [5.74, 6) is -0.383. The topological polar surface area (TPSA) is 86.1 Å². The lowest BCUT2D eigenvalue weighted by molar-refractivity contribution is -0.113. The first-order chi connectivity index (χ1) is 14.7. The minimum Gasteiger partial charge on any atom is -0.462 e. The molecule has 0 spiro atoms. The molecule has 30 heavy (non-hydrogen) atoms. The molecule has 0 saturated heterocycles. The molecule has 0 saturated carbocycles. The molecule has 0 bridgehead atoms. The molecule has 1 amide bonds. The van der Waals surface area contributed by atoms with Gasteiger partial charge in [0.25, 0.3) is 0 Å². The van der Waals surface area contributed by atoms with Gasteiger partial charge in [0.2, 0.25) is 5.91 Å². The molecule has 7 nitrogen and oxygen atoms in total. The molecule has 1 N–H and O–H groups in total. The van der Waals surface area contributed by atoms with Crippen LogP contribution in [0.3, 0.4) is 0 Å². The summed E-state index contributed by atoms with van der Waals surface area (Å²) in [5, 5.41) is 12.2. The molecule has 0 radical (unpaired) electrons. The molecule has 2 aromatic heterocycles. The third-order valence-corrected chi connectivity index (χ3v) is 6.94. The Morgan fingerprint density at radius 2 is 2.03 bits per heavy atom. The minimum absolute atomic E-state index is 0.163. The number of ether oxygens (including phenoxy) is 1. The lowest BCUT2D eigenvalue weighted by Gasteiger charge is -2.12. The molecule has 0 atom stereocenters. The van der Waals surface area contributed by atoms with E-state index in [1.165, 1.54) is 28.0 Å². The normalized spacial score (nSPS) is 13.0. The van der Waals surface area contributed by atoms with E-state index in [9.17, 15) is 9.59 Å². The summed E-state index contributed by atoms with van der Waals surface area (Å²) in [6.45, 7) is 2.09. The predicted molar refractivity (Wildman–Crippen MR) is 118 cm³/mol. The maximum absolute atomic E-state index is 12.7. The SMILES string of the molecule is CCOC(=O)c1c(NC(=O)CSc2nncn2-c2ccccc2)sc2c1CCCC2. The van der Waals surface area contributed by atoms with Gasteiger partial charge in [0.15, 0.2) is 5.16 Å². The van der Waals surface area contributed by atoms with Crippen molar-refractivity contribution in [1.82, 2.24) is 14.8 Å². The highest BCUT2D eigenvalue weighted by Crippen LogP contribution is 2.38. The van der Waals surface area contributed by atoms with Crippen molar-refractivity contribution in [3.8, 4) is 5.69 Å². The average molecular weight is 443 g/mol. The molecule has 9 heteroatoms. The quantitative estimate of drug-likeness (QED) is 0.438. The number of benzene rings is 1. The van der Waals surface area contributed by atoms with E-state index in [1.807, 2.05) is 34.9 Å². The monoisotopic (exact) mass is 442 g/mol. The molecule has 0 fully saturated rings. The first kappa shape index (κ1) is 20.6. The molecule has 0 aliphatic heterocycles. The largest absolute Gasteiger partial charge is 0.462 e. The van der Waals surface area contributed by atoms with E-state index >= 15 is 0 Å². The summed E-state index contributed by atoms with van der Waals surface area (Å²) in [6.07, 6.45) is 5.58. The van der Waals surface area contributed by atoms with Gasteiger partial charge < -0.3 is 10.1 Å². The van der Waals surface area contributed by atoms with E-state index in [2.05, 4.69) is 15.5 Å². The average Bonchev–Trinajstić information content (AvgIpc) is 3.37. The molecule has 1 aromatic carbocycles. The molecule has 4 rings (SSSR count). The summed E-state index contributed by atoms with van der Waals surface area (Å²) < 4.78 is 7.09. The van der Waals surface area contributed by atoms with Crippen LogP contribution in [0.2, 0.25) is 0 Å². The first-order valence-electron chi connectivity index (χ1n) is 9.87. The number of rotatable bonds is 7. The number of hydrogen-bond acceptors (Lipinski definition) is 7. The number of nitrogens with zero attached hydrogens (tertiary/aromatic N) is 3. The van der Waals surface area contributed by atoms with E-state index < -0.39 is 0 Å². The Balaban J connectivity index is 1.47. The van der Waals surface area contributed by atoms with Crippen LogP contribution in [0.1, 0.15) is 40.6 Å². The Bertz CT molecular complexity index is 1050. The maximum Gasteiger partial charge on any atom is 0.341 e. The van der Waals surface area contributed by atoms with Gasteiger partial charge in [0, 0.05) is 10.6 Å². The van der Waals surface area contributed by atoms with Crippen LogP contribution in [0, 0.1) is 0 Å². The number of para-hydroxylation sites is 1. The second-order valence-corrected chi connectivity index (χ2v) is 8.84. The van der Waals surface area contributed by atoms with Crippen LogP contribution in [-0.4, -0.2) is 39.0 Å². The van der Waals surface area contributed by atoms with Crippen molar-refractivity contribution in [2.45, 2.75) is 37.8 Å². The molecule has 3 aromatic rings. The Morgan fingerprint density at radius 1 is 1.23 bits per heavy atom. The highest BCUT2D eigenvalue weighted by atomic mass is 32.2. The smallest absolute Gasteiger partial charge is 0.341 e. The Labute approximate surface area is 182 Å². The number of carbonyl (C=O) groups is 2. The summed E-state index contributed by atoms with van der Waals surface area (Å²) >= 11 is 2.79. The second-order valence-electron chi connectivity index (χ2n) is 6.79. The lowest BCUT2D eigenvalue weighted by Crippen LogP contribution is -2.17. The van der Waals surface area contributed by atoms with Crippen molar-refractivity contribution < 1.29 is 14.3 Å². The van der Waals surface area contributed by atoms with Gasteiger partial charge in [-0.3, -0.25) is 9.36 Å². The highest BCUT2D eigenvalue weighted by Gasteiger charge is 2.27. The van der Waals surface area contributed by atoms with Gasteiger partial charge in [-0.2, -0.15) is 0 Å². The summed E-state index contributed by atoms with van der Waals surface area (Å²) in [5.41, 5.74) is 2.50. The van der Waals surface area contributed by atoms with Crippen LogP contribution in [0.15, 0.2) is 41.8 Å². The Kier molecular flexibility index (Phi) is 6.49. The van der Waals surface area contributed by atoms with Crippen LogP contribution < -0.4 is 5.32 Å². The Morgan fingerprint density at radius 3 is 2.83 bits per heavy atom. The zero-order chi connectivity index (χ0) is 20.9. The molecule has 0 unspecified atom stereocenters. The number of hydrogen-bond donors (Lipinski definition) is 1. The number of anilines is 1. The Hall–Kier alpha value is -2.65. The van der Waals surface area contributed by atoms with Gasteiger partial charge in [-0.05, 0) is 50.3 Å². The van der Waals surface area contributed by atoms with Gasteiger partial charge in [0.05, 0.1) is 17.9 Å². The first-order valence-corrected chi connectivity index (χ1v) is 11.7. The number of aryl methyl sites for hydroxylation is 1. The fourth-order valence-electron chi connectivity index (χ4n) is 3.45. The summed E-state index contributed by atoms with van der Waals surface area (Å²) in [7, 11) is 0. The van der Waals surface area contributed by atoms with Crippen LogP contribution in [-0.2, 0) is 22.4 Å². The number of esters is 1. The van der Waals surface area contributed by atoms with E-state index in [-0.39, 0.29) is 17.6 Å². The minimum atomic E-state index is -0.358. The van der Waals surface area contributed by atoms with Crippen LogP contribution in [0.5, 0.6) is 0 Å². The van der Waals surface area contributed by atoms with E-state index in [1.54, 1.807) is 13.3 Å². The third-order valence-electron chi connectivity index (χ3n) is 4.79. The van der Waals surface area contributed by atoms with Crippen molar-refractivity contribution in [3.05, 3.63) is 52.7 Å². The van der Waals surface area contributed by atoms with Crippen LogP contribution in [0.25, 0.3) is 5.69 Å². The number of thioether (sulfide) groups is 1. The third kappa shape index (κ3) is 4.41. The molecule has 156 valence electrons. The van der Waals surface area contributed by atoms with E-state index in [0.717, 1.165) is 36.9 Å². The molecular weight excluding hydrogens is 420 g/mol. The van der Waals surface area contributed by atoms with Crippen LogP contribution >= 0.6 is 23.1 Å². The van der Waals surface area contributed by atoms with E-state index in [4.69, 9.17) is 4.74 Å². The van der Waals surface area contributed by atoms with Crippen molar-refractivity contribution in [2.75, 3.05) is 17.7 Å². The van der Waals surface area contributed by atoms with Crippen molar-refractivity contribution in [3.63, 3.8) is 0 Å². The van der Waals surface area contributed by atoms with Gasteiger partial charge in [-0.15, -0.1) is 21.5 Å². The standard InChI is InChI=1S/C21H22N4O3S2/c1-2-28-20(27)18-15-10-6-7-11-16(15)30-19(18)23-17(26)12-29-21-24-22-13-25(21)14-8-4-3-5-9-14/h3-5,8-9,13H,2,6-7,10-12H2,1H3,(H,23,26). The summed E-state index contributed by atoms with van der Waals surface area (Å²) in [6, 6.07) is 9.72. The number of amides is 1. The second kappa shape index (κ2) is 9.44. The number of nitrogens with one attached hydrogen (secondary N) is 1. The van der Waals surface area contributed by atoms with Gasteiger partial charge >= 0.3 is 5.97 Å². The van der Waals surface area contributed by atoms with Gasteiger partial charge in [-0.1, -0.05) is 30.0 Å². The maximum atomic E-state index is 12.7. The van der Waals surface area contributed by atoms with Gasteiger partial charge in [-0.25, -0.2) is 4.79 Å². The number of thiophene rings is 1. The number of carbonyl (C=O) groups excluding carboxylic acids is 2. The van der Waals surface area contributed by atoms with E-state index in [0.29, 0.717) is 22.3 Å². The fourth-order valence-corrected chi connectivity index (χ4v) is 5.48. The molecule has 1 aliphatic carbocycles. The lowest BCUT2D eigenvalue weighted by atomic mass is 9.95. The molecular formula is C21H22N4O3S2. The van der Waals surface area contributed by atoms with Crippen molar-refractivity contribution >= 4 is 40.0 Å². The zero-order valence-electron chi connectivity index (χ0n) is 16.6. The zero-order valence-corrected chi connectivity index (χ0v) is 18.2. The van der Waals surface area contributed by atoms with Crippen molar-refractivity contribution in [2.24, 2.45) is 0 Å². The predicted octanol–water partition coefficient (Wildman–Crippen LogP) is 4.12. The summed E-state index contributed by atoms with van der Waals surface area (Å²) in [4.78, 5) is 26.4.